The summed E-state index contributed by atoms with van der Waals surface area (Å²) in [4.78, 5) is 65.4. The van der Waals surface area contributed by atoms with Gasteiger partial charge in [-0.3, -0.25) is 32.7 Å². The SMILES string of the molecule is CCCCCCCCCCCC(=O)O[C@H](CCCCCCCCCCC)CC(=O)N[C@H]1[C@H](OC[C@H]2O[C@@H](O[Si](C)(C)C(C)(C)C)[C@H](N=[N+]=[N-])[C@@H](OC(=O)C[C@@H](CCCCCCCCCCC)OCc3ccccc3)[C@@H]2OCc2ccccc2)O[C@H](COCc2ccccc2)[C@@H](OP2(=O)OCc3ccccc3CO2)[C@@H]1OC(=O)C[C@@H](CCCCCCCCCCC)OCc1ccc(OC)cc1. The number of hydrogen-bond acceptors (Lipinski definition) is 21. The van der Waals surface area contributed by atoms with Gasteiger partial charge in [0.2, 0.25) is 5.91 Å². The fourth-order valence-corrected chi connectivity index (χ4v) is 19.9. The maximum atomic E-state index is 16.1. The Bertz CT molecular complexity index is 4080. The lowest BCUT2D eigenvalue weighted by atomic mass is 9.95. The fourth-order valence-electron chi connectivity index (χ4n) is 17.4. The highest BCUT2D eigenvalue weighted by molar-refractivity contribution is 7.48. The standard InChI is InChI=1S/C109H169N4O20PSi/c1-11-15-19-23-27-31-35-39-52-66-92(121-78-86-60-48-44-49-61-86)76-100(117)131-106-102(112-113-110)108(133-135(9,10)109(5,6)7)129-96(103(106)123-80-87-62-50-45-51-63-87)84-124-107-101(111-97(114)74-94(68-54-41-37-33-29-25-21-17-13-3)127-98(115)69-55-42-38-34-30-26-22-18-14-4)105(130-99(116)75-93(67-53-40-36-32-28-24-20-16-12-2)122-79-88-70-72-91(119-8)73-71-88)104(95(128-107)83-120-77-85-58-46-43-47-59-85)132-134(118)125-81-89-64-56-57-65-90(89)82-126-134/h43-51,56-65,70-73,92-96,101-108H,11-42,52-55,66-69,74-84H2,1-10H3,(H,111,114)/t92-,93-,94-,95-,96-,101-,102-,103-,104-,105-,106-,107-,108+/m1/s1. The number of phosphoric acid groups is 1. The molecule has 0 bridgehead atoms. The first-order chi connectivity index (χ1) is 65.6. The first kappa shape index (κ1) is 113. The van der Waals surface area contributed by atoms with E-state index in [1.165, 1.54) is 103 Å². The van der Waals surface area contributed by atoms with Crippen molar-refractivity contribution in [2.75, 3.05) is 20.3 Å². The molecule has 5 aromatic rings. The molecule has 0 saturated carbocycles. The summed E-state index contributed by atoms with van der Waals surface area (Å²) in [6.45, 7) is 18.4. The summed E-state index contributed by atoms with van der Waals surface area (Å²) in [5.74, 6) is -1.76. The van der Waals surface area contributed by atoms with Gasteiger partial charge in [0, 0.05) is 11.3 Å². The van der Waals surface area contributed by atoms with Gasteiger partial charge in [-0.2, -0.15) is 0 Å². The topological polar surface area (TPSA) is 285 Å². The Hall–Kier alpha value is -6.90. The van der Waals surface area contributed by atoms with Crippen LogP contribution >= 0.6 is 7.82 Å². The Balaban J connectivity index is 1.25. The summed E-state index contributed by atoms with van der Waals surface area (Å²) in [6, 6.07) is 40.8. The van der Waals surface area contributed by atoms with Crippen LogP contribution < -0.4 is 10.1 Å². The van der Waals surface area contributed by atoms with Crippen molar-refractivity contribution in [3.63, 3.8) is 0 Å². The Morgan fingerprint density at radius 3 is 1.33 bits per heavy atom. The van der Waals surface area contributed by atoms with Crippen LogP contribution in [0.5, 0.6) is 5.75 Å². The molecule has 135 heavy (non-hydrogen) atoms. The smallest absolute Gasteiger partial charge is 0.475 e. The number of benzene rings is 5. The van der Waals surface area contributed by atoms with Crippen molar-refractivity contribution in [1.82, 2.24) is 5.32 Å². The van der Waals surface area contributed by atoms with Gasteiger partial charge in [-0.05, 0) is 101 Å². The molecule has 0 aromatic heterocycles. The van der Waals surface area contributed by atoms with E-state index < -0.39 is 131 Å². The van der Waals surface area contributed by atoms with E-state index in [2.05, 4.69) is 63.8 Å². The molecule has 2 saturated heterocycles. The van der Waals surface area contributed by atoms with Gasteiger partial charge in [0.15, 0.2) is 27.0 Å². The monoisotopic (exact) mass is 1910 g/mol. The van der Waals surface area contributed by atoms with Crippen molar-refractivity contribution in [1.29, 1.82) is 0 Å². The van der Waals surface area contributed by atoms with Crippen molar-refractivity contribution in [3.8, 4) is 5.75 Å². The number of rotatable bonds is 72. The normalized spacial score (nSPS) is 20.2. The first-order valence-corrected chi connectivity index (χ1v) is 56.3. The number of unbranched alkanes of at least 4 members (excludes halogenated alkanes) is 32. The molecule has 13 atom stereocenters. The van der Waals surface area contributed by atoms with Gasteiger partial charge in [-0.25, -0.2) is 4.57 Å². The molecule has 0 aliphatic carbocycles. The number of carbonyl (C=O) groups excluding carboxylic acids is 4. The number of amides is 1. The zero-order chi connectivity index (χ0) is 96.4. The molecular weight excluding hydrogens is 1740 g/mol. The zero-order valence-corrected chi connectivity index (χ0v) is 85.7. The van der Waals surface area contributed by atoms with Crippen LogP contribution in [-0.4, -0.2) is 132 Å². The summed E-state index contributed by atoms with van der Waals surface area (Å²) < 4.78 is 118. The molecule has 26 heteroatoms. The van der Waals surface area contributed by atoms with E-state index >= 15 is 18.9 Å². The zero-order valence-electron chi connectivity index (χ0n) is 83.8. The van der Waals surface area contributed by atoms with Crippen LogP contribution in [0.2, 0.25) is 18.1 Å². The van der Waals surface area contributed by atoms with E-state index in [1.54, 1.807) is 7.11 Å². The van der Waals surface area contributed by atoms with Gasteiger partial charge in [-0.1, -0.05) is 399 Å². The number of methoxy groups -OCH3 is 1. The maximum absolute atomic E-state index is 16.1. The number of phosphoric ester groups is 1. The van der Waals surface area contributed by atoms with Crippen LogP contribution in [-0.2, 0) is 129 Å². The van der Waals surface area contributed by atoms with Crippen LogP contribution in [0.1, 0.15) is 358 Å². The Kier molecular flexibility index (Phi) is 55.4. The number of nitrogens with one attached hydrogen (secondary N) is 1. The molecule has 1 N–H and O–H groups in total. The molecule has 2 fully saturated rings. The minimum absolute atomic E-state index is 0.0470. The quantitative estimate of drug-likeness (QED) is 0.00553. The number of azide groups is 1. The van der Waals surface area contributed by atoms with E-state index in [0.29, 0.717) is 49.0 Å². The second-order valence-electron chi connectivity index (χ2n) is 38.9. The lowest BCUT2D eigenvalue weighted by Gasteiger charge is -2.49. The fraction of sp³-hybridized carbons (Fsp3) is 0.688. The third-order valence-electron chi connectivity index (χ3n) is 26.6. The number of esters is 3. The molecule has 3 heterocycles. The van der Waals surface area contributed by atoms with Gasteiger partial charge in [0.1, 0.15) is 54.5 Å². The molecule has 754 valence electrons. The molecule has 3 aliphatic rings. The lowest BCUT2D eigenvalue weighted by molar-refractivity contribution is -0.301. The second kappa shape index (κ2) is 65.9. The molecule has 0 radical (unpaired) electrons. The average Bonchev–Trinajstić information content (AvgIpc) is 1.60. The van der Waals surface area contributed by atoms with Crippen molar-refractivity contribution < 1.29 is 93.8 Å². The number of carbonyl (C=O) groups is 4. The third-order valence-corrected chi connectivity index (χ3v) is 32.4. The summed E-state index contributed by atoms with van der Waals surface area (Å²) in [6.07, 6.45) is 25.3. The van der Waals surface area contributed by atoms with E-state index in [1.807, 2.05) is 153 Å². The minimum atomic E-state index is -4.79. The number of ether oxygens (including phenoxy) is 11. The van der Waals surface area contributed by atoms with E-state index in [9.17, 15) is 10.3 Å². The highest BCUT2D eigenvalue weighted by Crippen LogP contribution is 2.56. The third kappa shape index (κ3) is 44.2. The Morgan fingerprint density at radius 1 is 0.459 bits per heavy atom. The minimum Gasteiger partial charge on any atom is -0.497 e. The van der Waals surface area contributed by atoms with Crippen LogP contribution in [0, 0.1) is 0 Å². The summed E-state index contributed by atoms with van der Waals surface area (Å²) in [7, 11) is -6.15. The van der Waals surface area contributed by atoms with Crippen molar-refractivity contribution in [2.45, 2.75) is 462 Å². The van der Waals surface area contributed by atoms with Crippen LogP contribution in [0.4, 0.5) is 0 Å². The molecule has 1 amide bonds. The van der Waals surface area contributed by atoms with Crippen LogP contribution in [0.3, 0.4) is 0 Å². The Morgan fingerprint density at radius 2 is 0.867 bits per heavy atom. The molecule has 8 rings (SSSR count). The molecule has 0 spiro atoms. The van der Waals surface area contributed by atoms with Crippen LogP contribution in [0.15, 0.2) is 145 Å². The summed E-state index contributed by atoms with van der Waals surface area (Å²) in [5, 5.41) is 7.23. The first-order valence-electron chi connectivity index (χ1n) is 52.0. The molecule has 24 nitrogen and oxygen atoms in total. The van der Waals surface area contributed by atoms with Gasteiger partial charge >= 0.3 is 25.7 Å². The van der Waals surface area contributed by atoms with E-state index in [0.717, 1.165) is 138 Å². The number of hydrogen-bond donors (Lipinski definition) is 1. The van der Waals surface area contributed by atoms with Crippen molar-refractivity contribution in [3.05, 3.63) is 183 Å². The maximum Gasteiger partial charge on any atom is 0.475 e. The lowest BCUT2D eigenvalue weighted by Crippen LogP contribution is -2.67. The highest BCUT2D eigenvalue weighted by atomic mass is 31.2. The predicted octanol–water partition coefficient (Wildman–Crippen LogP) is 27.4. The van der Waals surface area contributed by atoms with Gasteiger partial charge in [-0.15, -0.1) is 0 Å². The van der Waals surface area contributed by atoms with E-state index in [4.69, 9.17) is 70.1 Å². The second-order valence-corrected chi connectivity index (χ2v) is 45.3. The van der Waals surface area contributed by atoms with Gasteiger partial charge in [0.05, 0.1) is 91.4 Å². The molecule has 0 unspecified atom stereocenters. The Labute approximate surface area is 811 Å². The number of nitrogens with zero attached hydrogens (tertiary/aromatic N) is 3. The van der Waals surface area contributed by atoms with Gasteiger partial charge < -0.3 is 61.8 Å². The van der Waals surface area contributed by atoms with Crippen molar-refractivity contribution >= 4 is 40.0 Å². The molecule has 5 aromatic carbocycles. The van der Waals surface area contributed by atoms with E-state index in [-0.39, 0.29) is 71.9 Å². The van der Waals surface area contributed by atoms with Crippen molar-refractivity contribution in [2.24, 2.45) is 5.11 Å². The van der Waals surface area contributed by atoms with Crippen LogP contribution in [0.25, 0.3) is 10.4 Å². The summed E-state index contributed by atoms with van der Waals surface area (Å²) >= 11 is 0. The average molecular weight is 1910 g/mol. The van der Waals surface area contributed by atoms with Gasteiger partial charge in [0.25, 0.3) is 0 Å². The molecule has 3 aliphatic heterocycles. The number of fused-ring (bicyclic) bond motifs is 1. The highest BCUT2D eigenvalue weighted by Gasteiger charge is 2.57. The summed E-state index contributed by atoms with van der Waals surface area (Å²) in [5.41, 5.74) is 15.6. The largest absolute Gasteiger partial charge is 0.497 e. The molecular formula is C109H169N4O20PSi. The predicted molar refractivity (Wildman–Crippen MR) is 533 cm³/mol.